The molecule has 110 valence electrons. The second kappa shape index (κ2) is 8.35. The summed E-state index contributed by atoms with van der Waals surface area (Å²) in [5, 5.41) is 0. The number of benzene rings is 1. The van der Waals surface area contributed by atoms with E-state index in [4.69, 9.17) is 9.47 Å². The molecule has 0 aliphatic heterocycles. The van der Waals surface area contributed by atoms with Gasteiger partial charge in [-0.1, -0.05) is 17.7 Å². The van der Waals surface area contributed by atoms with Crippen LogP contribution in [-0.2, 0) is 20.7 Å². The van der Waals surface area contributed by atoms with E-state index in [1.54, 1.807) is 14.0 Å². The van der Waals surface area contributed by atoms with E-state index in [-0.39, 0.29) is 24.6 Å². The SMILES string of the molecule is CCOC(=O)CCC(=O)CCc1cc(C)ccc1OC. The third kappa shape index (κ3) is 5.43. The predicted octanol–water partition coefficient (Wildman–Crippen LogP) is 2.85. The number of hydrogen-bond acceptors (Lipinski definition) is 4. The van der Waals surface area contributed by atoms with Crippen molar-refractivity contribution >= 4 is 11.8 Å². The van der Waals surface area contributed by atoms with Gasteiger partial charge in [-0.3, -0.25) is 9.59 Å². The monoisotopic (exact) mass is 278 g/mol. The molecular formula is C16H22O4. The van der Waals surface area contributed by atoms with Gasteiger partial charge in [-0.05, 0) is 31.9 Å². The summed E-state index contributed by atoms with van der Waals surface area (Å²) in [6.07, 6.45) is 1.45. The molecule has 0 amide bonds. The molecule has 1 aromatic carbocycles. The number of ketones is 1. The second-order valence-corrected chi connectivity index (χ2v) is 4.66. The number of esters is 1. The van der Waals surface area contributed by atoms with Gasteiger partial charge in [0.05, 0.1) is 20.1 Å². The van der Waals surface area contributed by atoms with E-state index in [0.29, 0.717) is 19.4 Å². The average Bonchev–Trinajstić information content (AvgIpc) is 2.43. The lowest BCUT2D eigenvalue weighted by Crippen LogP contribution is -2.08. The van der Waals surface area contributed by atoms with E-state index in [1.807, 2.05) is 25.1 Å². The van der Waals surface area contributed by atoms with Gasteiger partial charge in [-0.2, -0.15) is 0 Å². The van der Waals surface area contributed by atoms with Crippen molar-refractivity contribution in [1.29, 1.82) is 0 Å². The first-order valence-electron chi connectivity index (χ1n) is 6.87. The number of methoxy groups -OCH3 is 1. The Morgan fingerprint density at radius 1 is 1.15 bits per heavy atom. The van der Waals surface area contributed by atoms with Gasteiger partial charge in [0.2, 0.25) is 0 Å². The number of carbonyl (C=O) groups is 2. The normalized spacial score (nSPS) is 10.2. The Morgan fingerprint density at radius 2 is 1.90 bits per heavy atom. The lowest BCUT2D eigenvalue weighted by atomic mass is 10.0. The number of hydrogen-bond donors (Lipinski definition) is 0. The van der Waals surface area contributed by atoms with Crippen LogP contribution in [0.15, 0.2) is 18.2 Å². The van der Waals surface area contributed by atoms with Crippen molar-refractivity contribution in [2.45, 2.75) is 39.5 Å². The maximum atomic E-state index is 11.8. The Bertz CT molecular complexity index is 466. The number of ether oxygens (including phenoxy) is 2. The molecule has 0 heterocycles. The van der Waals surface area contributed by atoms with Gasteiger partial charge >= 0.3 is 5.97 Å². The summed E-state index contributed by atoms with van der Waals surface area (Å²) in [5.74, 6) is 0.560. The van der Waals surface area contributed by atoms with E-state index in [2.05, 4.69) is 0 Å². The molecule has 0 N–H and O–H groups in total. The zero-order chi connectivity index (χ0) is 15.0. The quantitative estimate of drug-likeness (QED) is 0.686. The summed E-state index contributed by atoms with van der Waals surface area (Å²) >= 11 is 0. The first-order chi connectivity index (χ1) is 9.56. The minimum atomic E-state index is -0.311. The lowest BCUT2D eigenvalue weighted by Gasteiger charge is -2.09. The third-order valence-electron chi connectivity index (χ3n) is 3.02. The van der Waals surface area contributed by atoms with Crippen molar-refractivity contribution in [1.82, 2.24) is 0 Å². The fraction of sp³-hybridized carbons (Fsp3) is 0.500. The van der Waals surface area contributed by atoms with Crippen LogP contribution in [-0.4, -0.2) is 25.5 Å². The molecule has 1 aromatic rings. The summed E-state index contributed by atoms with van der Waals surface area (Å²) in [5.41, 5.74) is 2.16. The lowest BCUT2D eigenvalue weighted by molar-refractivity contribution is -0.144. The fourth-order valence-electron chi connectivity index (χ4n) is 1.98. The van der Waals surface area contributed by atoms with Crippen molar-refractivity contribution in [2.24, 2.45) is 0 Å². The van der Waals surface area contributed by atoms with Crippen LogP contribution in [0.2, 0.25) is 0 Å². The van der Waals surface area contributed by atoms with Crippen molar-refractivity contribution in [2.75, 3.05) is 13.7 Å². The van der Waals surface area contributed by atoms with Crippen LogP contribution in [0, 0.1) is 6.92 Å². The number of rotatable bonds is 8. The molecule has 0 aromatic heterocycles. The van der Waals surface area contributed by atoms with Gasteiger partial charge in [0, 0.05) is 12.8 Å². The molecule has 1 rings (SSSR count). The largest absolute Gasteiger partial charge is 0.496 e. The molecule has 0 radical (unpaired) electrons. The number of aryl methyl sites for hydroxylation is 2. The molecule has 4 heteroatoms. The summed E-state index contributed by atoms with van der Waals surface area (Å²) in [6.45, 7) is 4.11. The van der Waals surface area contributed by atoms with Crippen molar-refractivity contribution in [3.05, 3.63) is 29.3 Å². The van der Waals surface area contributed by atoms with Crippen LogP contribution in [0.3, 0.4) is 0 Å². The molecule has 20 heavy (non-hydrogen) atoms. The average molecular weight is 278 g/mol. The minimum Gasteiger partial charge on any atom is -0.496 e. The molecule has 0 aliphatic carbocycles. The molecule has 4 nitrogen and oxygen atoms in total. The molecule has 0 spiro atoms. The Balaban J connectivity index is 2.44. The number of carbonyl (C=O) groups excluding carboxylic acids is 2. The first kappa shape index (κ1) is 16.2. The smallest absolute Gasteiger partial charge is 0.306 e. The van der Waals surface area contributed by atoms with E-state index in [0.717, 1.165) is 16.9 Å². The zero-order valence-corrected chi connectivity index (χ0v) is 12.4. The highest BCUT2D eigenvalue weighted by Gasteiger charge is 2.10. The van der Waals surface area contributed by atoms with Crippen LogP contribution in [0.1, 0.15) is 37.3 Å². The molecule has 0 unspecified atom stereocenters. The second-order valence-electron chi connectivity index (χ2n) is 4.66. The highest BCUT2D eigenvalue weighted by atomic mass is 16.5. The first-order valence-corrected chi connectivity index (χ1v) is 6.87. The van der Waals surface area contributed by atoms with Crippen molar-refractivity contribution < 1.29 is 19.1 Å². The molecule has 0 saturated heterocycles. The van der Waals surface area contributed by atoms with Crippen LogP contribution in [0.25, 0.3) is 0 Å². The van der Waals surface area contributed by atoms with Gasteiger partial charge in [0.25, 0.3) is 0 Å². The maximum absolute atomic E-state index is 11.8. The summed E-state index contributed by atoms with van der Waals surface area (Å²) in [6, 6.07) is 5.91. The van der Waals surface area contributed by atoms with Gasteiger partial charge in [0.1, 0.15) is 11.5 Å². The highest BCUT2D eigenvalue weighted by Crippen LogP contribution is 2.21. The van der Waals surface area contributed by atoms with E-state index in [9.17, 15) is 9.59 Å². The molecule has 0 fully saturated rings. The summed E-state index contributed by atoms with van der Waals surface area (Å²) in [4.78, 5) is 22.9. The Hall–Kier alpha value is -1.84. The van der Waals surface area contributed by atoms with E-state index < -0.39 is 0 Å². The van der Waals surface area contributed by atoms with E-state index in [1.165, 1.54) is 0 Å². The molecule has 0 aliphatic rings. The van der Waals surface area contributed by atoms with Crippen LogP contribution in [0.5, 0.6) is 5.75 Å². The standard InChI is InChI=1S/C16H22O4/c1-4-20-16(18)10-8-14(17)7-6-13-11-12(2)5-9-15(13)19-3/h5,9,11H,4,6-8,10H2,1-3H3. The van der Waals surface area contributed by atoms with Crippen molar-refractivity contribution in [3.63, 3.8) is 0 Å². The predicted molar refractivity (Wildman–Crippen MR) is 76.9 cm³/mol. The van der Waals surface area contributed by atoms with Crippen LogP contribution in [0.4, 0.5) is 0 Å². The molecule has 0 bridgehead atoms. The van der Waals surface area contributed by atoms with Gasteiger partial charge in [-0.15, -0.1) is 0 Å². The summed E-state index contributed by atoms with van der Waals surface area (Å²) in [7, 11) is 1.62. The Kier molecular flexibility index (Phi) is 6.77. The maximum Gasteiger partial charge on any atom is 0.306 e. The van der Waals surface area contributed by atoms with Crippen LogP contribution < -0.4 is 4.74 Å². The Morgan fingerprint density at radius 3 is 2.55 bits per heavy atom. The fourth-order valence-corrected chi connectivity index (χ4v) is 1.98. The Labute approximate surface area is 120 Å². The van der Waals surface area contributed by atoms with Gasteiger partial charge in [0.15, 0.2) is 0 Å². The third-order valence-corrected chi connectivity index (χ3v) is 3.02. The highest BCUT2D eigenvalue weighted by molar-refractivity contribution is 5.83. The van der Waals surface area contributed by atoms with Crippen molar-refractivity contribution in [3.8, 4) is 5.75 Å². The number of Topliss-reactive ketones (excluding diaryl/α,β-unsaturated/α-hetero) is 1. The molecular weight excluding hydrogens is 256 g/mol. The van der Waals surface area contributed by atoms with Crippen LogP contribution >= 0.6 is 0 Å². The minimum absolute atomic E-state index is 0.0709. The topological polar surface area (TPSA) is 52.6 Å². The van der Waals surface area contributed by atoms with E-state index >= 15 is 0 Å². The molecule has 0 atom stereocenters. The molecule has 0 saturated carbocycles. The van der Waals surface area contributed by atoms with Gasteiger partial charge in [-0.25, -0.2) is 0 Å². The zero-order valence-electron chi connectivity index (χ0n) is 12.4. The summed E-state index contributed by atoms with van der Waals surface area (Å²) < 4.78 is 10.1. The van der Waals surface area contributed by atoms with Gasteiger partial charge < -0.3 is 9.47 Å².